The second kappa shape index (κ2) is 7.47. The van der Waals surface area contributed by atoms with Crippen LogP contribution in [0.3, 0.4) is 0 Å². The Morgan fingerprint density at radius 2 is 1.45 bits per heavy atom. The van der Waals surface area contributed by atoms with Crippen molar-refractivity contribution in [3.05, 3.63) is 70.8 Å². The van der Waals surface area contributed by atoms with Crippen molar-refractivity contribution in [2.24, 2.45) is 0 Å². The number of nitrogens with zero attached hydrogens (tertiary/aromatic N) is 1. The van der Waals surface area contributed by atoms with E-state index >= 15 is 0 Å². The first-order chi connectivity index (χ1) is 13.9. The van der Waals surface area contributed by atoms with Crippen LogP contribution in [0.25, 0.3) is 0 Å². The summed E-state index contributed by atoms with van der Waals surface area (Å²) in [6, 6.07) is 14.6. The maximum absolute atomic E-state index is 13.4. The molecule has 2 aromatic rings. The molecule has 1 heterocycles. The van der Waals surface area contributed by atoms with Crippen LogP contribution in [0.4, 0.5) is 0 Å². The van der Waals surface area contributed by atoms with Crippen LogP contribution in [0.1, 0.15) is 83.7 Å². The van der Waals surface area contributed by atoms with Crippen molar-refractivity contribution >= 4 is 17.8 Å². The third kappa shape index (κ3) is 3.24. The van der Waals surface area contributed by atoms with Crippen molar-refractivity contribution in [2.45, 2.75) is 57.3 Å². The smallest absolute Gasteiger partial charge is 0.329 e. The zero-order chi connectivity index (χ0) is 20.6. The highest BCUT2D eigenvalue weighted by Crippen LogP contribution is 2.41. The first kappa shape index (κ1) is 19.4. The minimum atomic E-state index is -0.830. The average Bonchev–Trinajstić information content (AvgIpc) is 2.99. The van der Waals surface area contributed by atoms with Gasteiger partial charge < -0.3 is 4.84 Å². The van der Waals surface area contributed by atoms with E-state index in [1.165, 1.54) is 5.56 Å². The van der Waals surface area contributed by atoms with E-state index in [1.54, 1.807) is 24.3 Å². The number of amides is 2. The quantitative estimate of drug-likeness (QED) is 0.705. The standard InChI is InChI=1S/C24H25NO4/c1-16(2)17-10-12-18(13-11-17)24(14-6-3-7-15-24)23(28)29-25-21(26)19-8-4-5-9-20(19)22(25)27/h4-5,8-13,16H,3,6-7,14-15H2,1-2H3. The fourth-order valence-electron chi connectivity index (χ4n) is 4.37. The van der Waals surface area contributed by atoms with E-state index in [1.807, 2.05) is 24.3 Å². The zero-order valence-corrected chi connectivity index (χ0v) is 16.8. The Kier molecular flexibility index (Phi) is 4.99. The molecule has 0 aromatic heterocycles. The van der Waals surface area contributed by atoms with Gasteiger partial charge in [0, 0.05) is 0 Å². The van der Waals surface area contributed by atoms with Gasteiger partial charge in [0.25, 0.3) is 11.8 Å². The summed E-state index contributed by atoms with van der Waals surface area (Å²) in [5.41, 5.74) is 1.80. The Morgan fingerprint density at radius 1 is 0.897 bits per heavy atom. The summed E-state index contributed by atoms with van der Waals surface area (Å²) >= 11 is 0. The molecule has 150 valence electrons. The molecule has 5 nitrogen and oxygen atoms in total. The van der Waals surface area contributed by atoms with Crippen LogP contribution in [0.5, 0.6) is 0 Å². The van der Waals surface area contributed by atoms with Crippen LogP contribution in [-0.2, 0) is 15.0 Å². The predicted octanol–water partition coefficient (Wildman–Crippen LogP) is 4.77. The van der Waals surface area contributed by atoms with Gasteiger partial charge in [0.1, 0.15) is 0 Å². The maximum Gasteiger partial charge on any atom is 0.343 e. The molecule has 0 atom stereocenters. The van der Waals surface area contributed by atoms with Gasteiger partial charge in [-0.25, -0.2) is 4.79 Å². The van der Waals surface area contributed by atoms with E-state index in [0.29, 0.717) is 23.8 Å². The van der Waals surface area contributed by atoms with Gasteiger partial charge in [-0.3, -0.25) is 9.59 Å². The molecule has 5 heteroatoms. The first-order valence-corrected chi connectivity index (χ1v) is 10.2. The molecule has 1 fully saturated rings. The number of imide groups is 1. The number of hydrogen-bond acceptors (Lipinski definition) is 4. The number of carbonyl (C=O) groups is 3. The zero-order valence-electron chi connectivity index (χ0n) is 16.8. The van der Waals surface area contributed by atoms with Crippen LogP contribution in [0.2, 0.25) is 0 Å². The summed E-state index contributed by atoms with van der Waals surface area (Å²) in [5.74, 6) is -1.29. The van der Waals surface area contributed by atoms with Crippen LogP contribution < -0.4 is 0 Å². The fourth-order valence-corrected chi connectivity index (χ4v) is 4.37. The van der Waals surface area contributed by atoms with E-state index in [-0.39, 0.29) is 11.1 Å². The van der Waals surface area contributed by atoms with Crippen molar-refractivity contribution in [3.8, 4) is 0 Å². The Hall–Kier alpha value is -2.95. The third-order valence-corrected chi connectivity index (χ3v) is 6.16. The third-order valence-electron chi connectivity index (χ3n) is 6.16. The molecule has 2 amide bonds. The fraction of sp³-hybridized carbons (Fsp3) is 0.375. The van der Waals surface area contributed by atoms with Crippen LogP contribution in [0, 0.1) is 0 Å². The van der Waals surface area contributed by atoms with E-state index in [0.717, 1.165) is 24.8 Å². The molecule has 1 saturated carbocycles. The summed E-state index contributed by atoms with van der Waals surface area (Å²) in [4.78, 5) is 44.1. The van der Waals surface area contributed by atoms with Gasteiger partial charge >= 0.3 is 5.97 Å². The number of fused-ring (bicyclic) bond motifs is 1. The second-order valence-corrected chi connectivity index (χ2v) is 8.25. The molecule has 4 rings (SSSR count). The van der Waals surface area contributed by atoms with Crippen LogP contribution in [0.15, 0.2) is 48.5 Å². The van der Waals surface area contributed by atoms with Crippen molar-refractivity contribution in [1.82, 2.24) is 5.06 Å². The van der Waals surface area contributed by atoms with Gasteiger partial charge in [0.05, 0.1) is 16.5 Å². The van der Waals surface area contributed by atoms with Crippen molar-refractivity contribution in [1.29, 1.82) is 0 Å². The summed E-state index contributed by atoms with van der Waals surface area (Å²) in [6.07, 6.45) is 4.17. The van der Waals surface area contributed by atoms with Gasteiger partial charge in [0.2, 0.25) is 0 Å². The monoisotopic (exact) mass is 391 g/mol. The average molecular weight is 391 g/mol. The van der Waals surface area contributed by atoms with Crippen molar-refractivity contribution < 1.29 is 19.2 Å². The largest absolute Gasteiger partial charge is 0.343 e. The van der Waals surface area contributed by atoms with Gasteiger partial charge in [-0.15, -0.1) is 0 Å². The molecule has 0 bridgehead atoms. The molecule has 2 aromatic carbocycles. The number of hydrogen-bond donors (Lipinski definition) is 0. The van der Waals surface area contributed by atoms with E-state index in [4.69, 9.17) is 4.84 Å². The highest BCUT2D eigenvalue weighted by atomic mass is 16.7. The number of rotatable bonds is 4. The summed E-state index contributed by atoms with van der Waals surface area (Å²) in [5, 5.41) is 0.631. The molecule has 0 spiro atoms. The van der Waals surface area contributed by atoms with E-state index < -0.39 is 23.2 Å². The lowest BCUT2D eigenvalue weighted by atomic mass is 9.69. The highest BCUT2D eigenvalue weighted by molar-refractivity contribution is 6.21. The Balaban J connectivity index is 1.63. The van der Waals surface area contributed by atoms with Crippen LogP contribution in [-0.4, -0.2) is 22.8 Å². The summed E-state index contributed by atoms with van der Waals surface area (Å²) < 4.78 is 0. The minimum Gasteiger partial charge on any atom is -0.329 e. The maximum atomic E-state index is 13.4. The number of benzene rings is 2. The second-order valence-electron chi connectivity index (χ2n) is 8.25. The molecule has 0 unspecified atom stereocenters. The van der Waals surface area contributed by atoms with Gasteiger partial charge in [-0.05, 0) is 42.0 Å². The Labute approximate surface area is 170 Å². The molecular weight excluding hydrogens is 366 g/mol. The lowest BCUT2D eigenvalue weighted by Gasteiger charge is -2.36. The molecular formula is C24H25NO4. The Bertz CT molecular complexity index is 920. The number of hydroxylamine groups is 2. The molecule has 1 aliphatic carbocycles. The predicted molar refractivity (Wildman–Crippen MR) is 108 cm³/mol. The van der Waals surface area contributed by atoms with Gasteiger partial charge in [0.15, 0.2) is 0 Å². The topological polar surface area (TPSA) is 63.7 Å². The molecule has 0 radical (unpaired) electrons. The van der Waals surface area contributed by atoms with Crippen molar-refractivity contribution in [3.63, 3.8) is 0 Å². The highest BCUT2D eigenvalue weighted by Gasteiger charge is 2.47. The molecule has 29 heavy (non-hydrogen) atoms. The molecule has 1 aliphatic heterocycles. The molecule has 0 N–H and O–H groups in total. The summed E-state index contributed by atoms with van der Waals surface area (Å²) in [6.45, 7) is 4.25. The van der Waals surface area contributed by atoms with Crippen LogP contribution >= 0.6 is 0 Å². The Morgan fingerprint density at radius 3 is 1.97 bits per heavy atom. The molecule has 2 aliphatic rings. The number of carbonyl (C=O) groups excluding carboxylic acids is 3. The van der Waals surface area contributed by atoms with Gasteiger partial charge in [-0.1, -0.05) is 74.6 Å². The van der Waals surface area contributed by atoms with E-state index in [9.17, 15) is 14.4 Å². The lowest BCUT2D eigenvalue weighted by Crippen LogP contribution is -2.44. The molecule has 0 saturated heterocycles. The normalized spacial score (nSPS) is 18.1. The lowest BCUT2D eigenvalue weighted by molar-refractivity contribution is -0.177. The summed E-state index contributed by atoms with van der Waals surface area (Å²) in [7, 11) is 0. The van der Waals surface area contributed by atoms with Crippen molar-refractivity contribution in [2.75, 3.05) is 0 Å². The van der Waals surface area contributed by atoms with E-state index in [2.05, 4.69) is 13.8 Å². The minimum absolute atomic E-state index is 0.268. The first-order valence-electron chi connectivity index (χ1n) is 10.2. The SMILES string of the molecule is CC(C)c1ccc(C2(C(=O)ON3C(=O)c4ccccc4C3=O)CCCCC2)cc1. The van der Waals surface area contributed by atoms with Gasteiger partial charge in [-0.2, -0.15) is 0 Å².